The number of benzene rings is 1. The summed E-state index contributed by atoms with van der Waals surface area (Å²) in [5.74, 6) is -0.133. The first-order chi connectivity index (χ1) is 9.13. The van der Waals surface area contributed by atoms with Crippen LogP contribution >= 0.6 is 0 Å². The molecule has 1 saturated carbocycles. The molecule has 0 spiro atoms. The van der Waals surface area contributed by atoms with Crippen LogP contribution in [0.5, 0.6) is 0 Å². The van der Waals surface area contributed by atoms with E-state index < -0.39 is 0 Å². The number of ether oxygens (including phenoxy) is 1. The van der Waals surface area contributed by atoms with Crippen molar-refractivity contribution in [1.29, 1.82) is 0 Å². The molecule has 1 aromatic carbocycles. The third kappa shape index (κ3) is 2.82. The number of aryl methyl sites for hydroxylation is 1. The van der Waals surface area contributed by atoms with Gasteiger partial charge in [-0.1, -0.05) is 19.1 Å². The van der Waals surface area contributed by atoms with E-state index in [0.717, 1.165) is 31.4 Å². The molecule has 0 aliphatic heterocycles. The zero-order valence-electron chi connectivity index (χ0n) is 12.1. The zero-order chi connectivity index (χ0) is 13.9. The highest BCUT2D eigenvalue weighted by Gasteiger charge is 2.45. The molecule has 0 aromatic heterocycles. The second-order valence-corrected chi connectivity index (χ2v) is 5.52. The van der Waals surface area contributed by atoms with Gasteiger partial charge in [0.25, 0.3) is 0 Å². The highest BCUT2D eigenvalue weighted by Crippen LogP contribution is 2.45. The molecule has 0 heterocycles. The quantitative estimate of drug-likeness (QED) is 0.846. The number of halogens is 1. The van der Waals surface area contributed by atoms with Crippen LogP contribution < -0.4 is 5.32 Å². The number of hydrogen-bond acceptors (Lipinski definition) is 2. The van der Waals surface area contributed by atoms with E-state index in [-0.39, 0.29) is 17.5 Å². The number of methoxy groups -OCH3 is 1. The van der Waals surface area contributed by atoms with Gasteiger partial charge in [-0.15, -0.1) is 0 Å². The van der Waals surface area contributed by atoms with E-state index in [1.165, 1.54) is 6.42 Å². The molecule has 0 bridgehead atoms. The summed E-state index contributed by atoms with van der Waals surface area (Å²) >= 11 is 0. The molecule has 1 aromatic rings. The predicted octanol–water partition coefficient (Wildman–Crippen LogP) is 3.74. The van der Waals surface area contributed by atoms with E-state index in [0.29, 0.717) is 5.56 Å². The van der Waals surface area contributed by atoms with Crippen molar-refractivity contribution in [2.24, 2.45) is 0 Å². The van der Waals surface area contributed by atoms with Crippen LogP contribution in [0, 0.1) is 12.7 Å². The van der Waals surface area contributed by atoms with Gasteiger partial charge in [-0.05, 0) is 56.3 Å². The summed E-state index contributed by atoms with van der Waals surface area (Å²) in [6.45, 7) is 4.86. The van der Waals surface area contributed by atoms with E-state index in [1.807, 2.05) is 12.1 Å². The lowest BCUT2D eigenvalue weighted by atomic mass is 9.72. The molecular formula is C16H24FNO. The molecule has 0 saturated heterocycles. The van der Waals surface area contributed by atoms with Gasteiger partial charge in [0.1, 0.15) is 5.82 Å². The van der Waals surface area contributed by atoms with Crippen molar-refractivity contribution in [3.05, 3.63) is 35.1 Å². The second kappa shape index (κ2) is 6.02. The molecule has 0 radical (unpaired) electrons. The first-order valence-electron chi connectivity index (χ1n) is 7.17. The van der Waals surface area contributed by atoms with Crippen molar-refractivity contribution in [2.75, 3.05) is 13.7 Å². The molecule has 1 fully saturated rings. The maximum absolute atomic E-state index is 13.8. The van der Waals surface area contributed by atoms with E-state index >= 15 is 0 Å². The van der Waals surface area contributed by atoms with E-state index in [2.05, 4.69) is 12.2 Å². The highest BCUT2D eigenvalue weighted by atomic mass is 19.1. The molecule has 2 nitrogen and oxygen atoms in total. The van der Waals surface area contributed by atoms with E-state index in [1.54, 1.807) is 20.1 Å². The standard InChI is InChI=1S/C16H24FNO/c1-4-10-18-15(16(19-3)8-5-9-16)13-7-6-12(2)14(17)11-13/h6-7,11,15,18H,4-5,8-10H2,1-3H3. The summed E-state index contributed by atoms with van der Waals surface area (Å²) in [6, 6.07) is 5.61. The summed E-state index contributed by atoms with van der Waals surface area (Å²) in [5, 5.41) is 3.53. The Morgan fingerprint density at radius 3 is 2.63 bits per heavy atom. The zero-order valence-corrected chi connectivity index (χ0v) is 12.1. The maximum atomic E-state index is 13.8. The largest absolute Gasteiger partial charge is 0.376 e. The third-order valence-electron chi connectivity index (χ3n) is 4.26. The van der Waals surface area contributed by atoms with Gasteiger partial charge in [0.15, 0.2) is 0 Å². The Hall–Kier alpha value is -0.930. The Labute approximate surface area is 115 Å². The highest BCUT2D eigenvalue weighted by molar-refractivity contribution is 5.28. The normalized spacial score (nSPS) is 18.9. The van der Waals surface area contributed by atoms with Crippen LogP contribution in [0.2, 0.25) is 0 Å². The van der Waals surface area contributed by atoms with Gasteiger partial charge in [-0.3, -0.25) is 0 Å². The Morgan fingerprint density at radius 2 is 2.16 bits per heavy atom. The number of nitrogens with one attached hydrogen (secondary N) is 1. The lowest BCUT2D eigenvalue weighted by Gasteiger charge is -2.47. The molecule has 0 amide bonds. The van der Waals surface area contributed by atoms with Gasteiger partial charge in [0.05, 0.1) is 11.6 Å². The lowest BCUT2D eigenvalue weighted by molar-refractivity contribution is -0.0997. The van der Waals surface area contributed by atoms with Crippen LogP contribution in [0.15, 0.2) is 18.2 Å². The molecule has 106 valence electrons. The molecule has 1 atom stereocenters. The van der Waals surface area contributed by atoms with Crippen LogP contribution in [-0.2, 0) is 4.74 Å². The van der Waals surface area contributed by atoms with Crippen LogP contribution in [0.3, 0.4) is 0 Å². The van der Waals surface area contributed by atoms with Crippen LogP contribution in [0.1, 0.15) is 49.8 Å². The Morgan fingerprint density at radius 1 is 1.42 bits per heavy atom. The Balaban J connectivity index is 2.28. The van der Waals surface area contributed by atoms with Crippen molar-refractivity contribution in [1.82, 2.24) is 5.32 Å². The topological polar surface area (TPSA) is 21.3 Å². The van der Waals surface area contributed by atoms with Gasteiger partial charge in [-0.25, -0.2) is 4.39 Å². The molecule has 19 heavy (non-hydrogen) atoms. The first kappa shape index (κ1) is 14.5. The van der Waals surface area contributed by atoms with Crippen molar-refractivity contribution >= 4 is 0 Å². The van der Waals surface area contributed by atoms with Crippen molar-refractivity contribution in [3.8, 4) is 0 Å². The summed E-state index contributed by atoms with van der Waals surface area (Å²) in [4.78, 5) is 0. The number of hydrogen-bond donors (Lipinski definition) is 1. The summed E-state index contributed by atoms with van der Waals surface area (Å²) in [5.41, 5.74) is 1.54. The minimum absolute atomic E-state index is 0.0845. The van der Waals surface area contributed by atoms with E-state index in [4.69, 9.17) is 4.74 Å². The van der Waals surface area contributed by atoms with Gasteiger partial charge in [0, 0.05) is 7.11 Å². The fraction of sp³-hybridized carbons (Fsp3) is 0.625. The summed E-state index contributed by atoms with van der Waals surface area (Å²) in [7, 11) is 1.77. The fourth-order valence-corrected chi connectivity index (χ4v) is 2.82. The molecule has 1 unspecified atom stereocenters. The predicted molar refractivity (Wildman–Crippen MR) is 75.8 cm³/mol. The molecule has 1 N–H and O–H groups in total. The van der Waals surface area contributed by atoms with Gasteiger partial charge in [0.2, 0.25) is 0 Å². The minimum atomic E-state index is -0.156. The second-order valence-electron chi connectivity index (χ2n) is 5.52. The molecule has 1 aliphatic rings. The van der Waals surface area contributed by atoms with Crippen LogP contribution in [-0.4, -0.2) is 19.3 Å². The molecule has 2 rings (SSSR count). The monoisotopic (exact) mass is 265 g/mol. The van der Waals surface area contributed by atoms with Crippen molar-refractivity contribution in [3.63, 3.8) is 0 Å². The Bertz CT molecular complexity index is 423. The summed E-state index contributed by atoms with van der Waals surface area (Å²) in [6.07, 6.45) is 4.33. The molecular weight excluding hydrogens is 241 g/mol. The van der Waals surface area contributed by atoms with E-state index in [9.17, 15) is 4.39 Å². The Kier molecular flexibility index (Phi) is 4.58. The van der Waals surface area contributed by atoms with Crippen LogP contribution in [0.25, 0.3) is 0 Å². The average Bonchev–Trinajstić information content (AvgIpc) is 2.36. The number of rotatable bonds is 6. The SMILES string of the molecule is CCCNC(c1ccc(C)c(F)c1)C1(OC)CCC1. The average molecular weight is 265 g/mol. The lowest BCUT2D eigenvalue weighted by Crippen LogP contribution is -2.50. The smallest absolute Gasteiger partial charge is 0.126 e. The minimum Gasteiger partial charge on any atom is -0.376 e. The molecule has 3 heteroatoms. The molecule has 1 aliphatic carbocycles. The third-order valence-corrected chi connectivity index (χ3v) is 4.26. The van der Waals surface area contributed by atoms with Crippen molar-refractivity contribution in [2.45, 2.75) is 51.2 Å². The van der Waals surface area contributed by atoms with Crippen LogP contribution in [0.4, 0.5) is 4.39 Å². The summed E-state index contributed by atoms with van der Waals surface area (Å²) < 4.78 is 19.6. The van der Waals surface area contributed by atoms with Gasteiger partial charge >= 0.3 is 0 Å². The maximum Gasteiger partial charge on any atom is 0.126 e. The van der Waals surface area contributed by atoms with Gasteiger partial charge < -0.3 is 10.1 Å². The van der Waals surface area contributed by atoms with Crippen molar-refractivity contribution < 1.29 is 9.13 Å². The fourth-order valence-electron chi connectivity index (χ4n) is 2.82. The first-order valence-corrected chi connectivity index (χ1v) is 7.17. The van der Waals surface area contributed by atoms with Gasteiger partial charge in [-0.2, -0.15) is 0 Å².